The lowest BCUT2D eigenvalue weighted by Gasteiger charge is -2.29. The van der Waals surface area contributed by atoms with E-state index in [0.717, 1.165) is 51.0 Å². The number of ether oxygens (including phenoxy) is 1. The zero-order chi connectivity index (χ0) is 19.1. The first kappa shape index (κ1) is 19.6. The van der Waals surface area contributed by atoms with Crippen LogP contribution in [0.2, 0.25) is 0 Å². The molecule has 0 radical (unpaired) electrons. The van der Waals surface area contributed by atoms with Gasteiger partial charge in [-0.25, -0.2) is 0 Å². The van der Waals surface area contributed by atoms with Gasteiger partial charge in [-0.3, -0.25) is 14.7 Å². The molecule has 7 nitrogen and oxygen atoms in total. The molecule has 0 aromatic heterocycles. The zero-order valence-corrected chi connectivity index (χ0v) is 16.4. The smallest absolute Gasteiger partial charge is 0.229 e. The first-order valence-corrected chi connectivity index (χ1v) is 9.78. The number of benzene rings is 1. The molecule has 2 aliphatic rings. The lowest BCUT2D eigenvalue weighted by molar-refractivity contribution is -0.117. The van der Waals surface area contributed by atoms with Crippen molar-refractivity contribution in [2.75, 3.05) is 57.9 Å². The summed E-state index contributed by atoms with van der Waals surface area (Å²) in [5, 5.41) is 6.80. The molecule has 0 spiro atoms. The number of nitrogens with one attached hydrogen (secondary N) is 2. The molecule has 0 aliphatic carbocycles. The monoisotopic (exact) mass is 373 g/mol. The van der Waals surface area contributed by atoms with Crippen LogP contribution in [0.15, 0.2) is 35.3 Å². The van der Waals surface area contributed by atoms with Gasteiger partial charge < -0.3 is 20.3 Å². The number of hydrogen-bond donors (Lipinski definition) is 2. The summed E-state index contributed by atoms with van der Waals surface area (Å²) >= 11 is 0. The summed E-state index contributed by atoms with van der Waals surface area (Å²) in [5.41, 5.74) is 0.953. The van der Waals surface area contributed by atoms with Crippen LogP contribution in [0.25, 0.3) is 0 Å². The van der Waals surface area contributed by atoms with Gasteiger partial charge in [0.05, 0.1) is 19.3 Å². The largest absolute Gasteiger partial charge is 0.379 e. The van der Waals surface area contributed by atoms with Crippen molar-refractivity contribution < 1.29 is 9.53 Å². The number of guanidine groups is 1. The average molecular weight is 374 g/mol. The fraction of sp³-hybridized carbons (Fsp3) is 0.600. The lowest BCUT2D eigenvalue weighted by atomic mass is 10.1. The van der Waals surface area contributed by atoms with E-state index in [1.54, 1.807) is 7.05 Å². The average Bonchev–Trinajstić information content (AvgIpc) is 3.06. The predicted octanol–water partition coefficient (Wildman–Crippen LogP) is 0.925. The van der Waals surface area contributed by atoms with Crippen LogP contribution in [0.4, 0.5) is 5.69 Å². The Bertz CT molecular complexity index is 631. The maximum atomic E-state index is 12.4. The summed E-state index contributed by atoms with van der Waals surface area (Å²) in [5.74, 6) is 1.42. The zero-order valence-electron chi connectivity index (χ0n) is 16.4. The number of hydrogen-bond acceptors (Lipinski definition) is 4. The van der Waals surface area contributed by atoms with E-state index < -0.39 is 0 Å². The van der Waals surface area contributed by atoms with Crippen molar-refractivity contribution in [1.29, 1.82) is 0 Å². The number of carbonyl (C=O) groups is 1. The van der Waals surface area contributed by atoms with E-state index in [9.17, 15) is 4.79 Å². The molecule has 1 aromatic carbocycles. The SMILES string of the molecule is CN=C(NCC(C)CN1CCOCC1)NC1CC(=O)N(c2ccccc2)C1. The molecule has 2 atom stereocenters. The molecular weight excluding hydrogens is 342 g/mol. The van der Waals surface area contributed by atoms with Gasteiger partial charge in [0, 0.05) is 51.9 Å². The first-order chi connectivity index (χ1) is 13.2. The van der Waals surface area contributed by atoms with Crippen molar-refractivity contribution in [3.8, 4) is 0 Å². The number of rotatable bonds is 6. The van der Waals surface area contributed by atoms with Gasteiger partial charge in [-0.2, -0.15) is 0 Å². The minimum Gasteiger partial charge on any atom is -0.379 e. The van der Waals surface area contributed by atoms with Gasteiger partial charge >= 0.3 is 0 Å². The number of morpholine rings is 1. The van der Waals surface area contributed by atoms with Crippen molar-refractivity contribution >= 4 is 17.6 Å². The second kappa shape index (κ2) is 9.71. The third kappa shape index (κ3) is 5.68. The molecule has 2 saturated heterocycles. The molecule has 2 heterocycles. The van der Waals surface area contributed by atoms with Crippen LogP contribution >= 0.6 is 0 Å². The lowest BCUT2D eigenvalue weighted by Crippen LogP contribution is -2.47. The highest BCUT2D eigenvalue weighted by Gasteiger charge is 2.31. The van der Waals surface area contributed by atoms with Crippen molar-refractivity contribution in [1.82, 2.24) is 15.5 Å². The molecule has 2 unspecified atom stereocenters. The minimum atomic E-state index is 0.0680. The van der Waals surface area contributed by atoms with Gasteiger partial charge in [0.25, 0.3) is 0 Å². The Morgan fingerprint density at radius 1 is 1.30 bits per heavy atom. The van der Waals surface area contributed by atoms with Crippen LogP contribution < -0.4 is 15.5 Å². The molecule has 0 bridgehead atoms. The molecule has 7 heteroatoms. The van der Waals surface area contributed by atoms with Crippen LogP contribution in [-0.4, -0.2) is 75.8 Å². The van der Waals surface area contributed by atoms with E-state index >= 15 is 0 Å². The van der Waals surface area contributed by atoms with Crippen molar-refractivity contribution in [2.45, 2.75) is 19.4 Å². The number of amides is 1. The fourth-order valence-electron chi connectivity index (χ4n) is 3.61. The summed E-state index contributed by atoms with van der Waals surface area (Å²) < 4.78 is 5.40. The van der Waals surface area contributed by atoms with E-state index in [4.69, 9.17) is 4.74 Å². The molecule has 148 valence electrons. The Kier molecular flexibility index (Phi) is 7.06. The number of para-hydroxylation sites is 1. The number of aliphatic imine (C=N–C) groups is 1. The van der Waals surface area contributed by atoms with Gasteiger partial charge in [-0.15, -0.1) is 0 Å². The van der Waals surface area contributed by atoms with E-state index in [2.05, 4.69) is 27.4 Å². The topological polar surface area (TPSA) is 69.2 Å². The Balaban J connectivity index is 1.44. The fourth-order valence-corrected chi connectivity index (χ4v) is 3.61. The molecule has 27 heavy (non-hydrogen) atoms. The first-order valence-electron chi connectivity index (χ1n) is 9.78. The summed E-state index contributed by atoms with van der Waals surface area (Å²) in [6, 6.07) is 9.89. The third-order valence-corrected chi connectivity index (χ3v) is 5.05. The van der Waals surface area contributed by atoms with Gasteiger partial charge in [-0.1, -0.05) is 25.1 Å². The molecular formula is C20H31N5O2. The molecule has 0 saturated carbocycles. The van der Waals surface area contributed by atoms with Crippen LogP contribution in [0.1, 0.15) is 13.3 Å². The second-order valence-electron chi connectivity index (χ2n) is 7.36. The van der Waals surface area contributed by atoms with Crippen LogP contribution in [0.3, 0.4) is 0 Å². The summed E-state index contributed by atoms with van der Waals surface area (Å²) in [6.45, 7) is 8.48. The molecule has 2 fully saturated rings. The van der Waals surface area contributed by atoms with Gasteiger partial charge in [0.15, 0.2) is 5.96 Å². The molecule has 2 aliphatic heterocycles. The maximum Gasteiger partial charge on any atom is 0.229 e. The van der Waals surface area contributed by atoms with Crippen LogP contribution in [0, 0.1) is 5.92 Å². The van der Waals surface area contributed by atoms with Crippen molar-refractivity contribution in [3.05, 3.63) is 30.3 Å². The summed E-state index contributed by atoms with van der Waals surface area (Å²) in [4.78, 5) is 21.0. The quantitative estimate of drug-likeness (QED) is 0.573. The highest BCUT2D eigenvalue weighted by atomic mass is 16.5. The highest BCUT2D eigenvalue weighted by Crippen LogP contribution is 2.20. The summed E-state index contributed by atoms with van der Waals surface area (Å²) in [6.07, 6.45) is 0.485. The highest BCUT2D eigenvalue weighted by molar-refractivity contribution is 5.97. The normalized spacial score (nSPS) is 22.7. The number of nitrogens with zero attached hydrogens (tertiary/aromatic N) is 3. The van der Waals surface area contributed by atoms with Crippen molar-refractivity contribution in [2.24, 2.45) is 10.9 Å². The Hall–Kier alpha value is -2.12. The van der Waals surface area contributed by atoms with Crippen molar-refractivity contribution in [3.63, 3.8) is 0 Å². The Morgan fingerprint density at radius 3 is 2.74 bits per heavy atom. The van der Waals surface area contributed by atoms with E-state index in [0.29, 0.717) is 18.9 Å². The molecule has 3 rings (SSSR count). The van der Waals surface area contributed by atoms with Gasteiger partial charge in [0.2, 0.25) is 5.91 Å². The Morgan fingerprint density at radius 2 is 2.04 bits per heavy atom. The standard InChI is InChI=1S/C20H31N5O2/c1-16(14-24-8-10-27-11-9-24)13-22-20(21-2)23-17-12-19(26)25(15-17)18-6-4-3-5-7-18/h3-7,16-17H,8-15H2,1-2H3,(H2,21,22,23). The van der Waals surface area contributed by atoms with E-state index in [1.165, 1.54) is 0 Å². The van der Waals surface area contributed by atoms with Crippen LogP contribution in [0.5, 0.6) is 0 Å². The second-order valence-corrected chi connectivity index (χ2v) is 7.36. The number of anilines is 1. The third-order valence-electron chi connectivity index (χ3n) is 5.05. The molecule has 1 amide bonds. The van der Waals surface area contributed by atoms with E-state index in [1.807, 2.05) is 35.2 Å². The van der Waals surface area contributed by atoms with E-state index in [-0.39, 0.29) is 11.9 Å². The maximum absolute atomic E-state index is 12.4. The van der Waals surface area contributed by atoms with Gasteiger partial charge in [0.1, 0.15) is 0 Å². The summed E-state index contributed by atoms with van der Waals surface area (Å²) in [7, 11) is 1.77. The molecule has 1 aromatic rings. The van der Waals surface area contributed by atoms with Gasteiger partial charge in [-0.05, 0) is 18.1 Å². The van der Waals surface area contributed by atoms with Crippen LogP contribution in [-0.2, 0) is 9.53 Å². The Labute approximate surface area is 161 Å². The number of carbonyl (C=O) groups excluding carboxylic acids is 1. The molecule has 2 N–H and O–H groups in total. The minimum absolute atomic E-state index is 0.0680. The predicted molar refractivity (Wildman–Crippen MR) is 108 cm³/mol.